The van der Waals surface area contributed by atoms with Crippen LogP contribution in [-0.2, 0) is 4.43 Å². The van der Waals surface area contributed by atoms with Crippen LogP contribution in [0.25, 0.3) is 0 Å². The molecule has 0 aromatic heterocycles. The minimum Gasteiger partial charge on any atom is -0.413 e. The van der Waals surface area contributed by atoms with E-state index < -0.39 is 16.4 Å². The Morgan fingerprint density at radius 3 is 0.950 bits per heavy atom. The van der Waals surface area contributed by atoms with Gasteiger partial charge in [-0.3, -0.25) is 0 Å². The van der Waals surface area contributed by atoms with Gasteiger partial charge in [-0.25, -0.2) is 0 Å². The van der Waals surface area contributed by atoms with E-state index >= 15 is 0 Å². The molecule has 3 heteroatoms. The van der Waals surface area contributed by atoms with Crippen LogP contribution in [0.5, 0.6) is 0 Å². The lowest BCUT2D eigenvalue weighted by atomic mass is 10.2. The predicted molar refractivity (Wildman–Crippen MR) is 171 cm³/mol. The van der Waals surface area contributed by atoms with E-state index in [-0.39, 0.29) is 5.60 Å². The molecule has 0 aliphatic rings. The number of terminal acetylenes is 1. The molecule has 0 aliphatic carbocycles. The first-order valence-electron chi connectivity index (χ1n) is 11.7. The van der Waals surface area contributed by atoms with E-state index in [1.54, 1.807) is 0 Å². The van der Waals surface area contributed by atoms with Crippen LogP contribution in [0.1, 0.15) is 13.8 Å². The first kappa shape index (κ1) is 34.2. The number of rotatable bonds is 4. The summed E-state index contributed by atoms with van der Waals surface area (Å²) in [7, 11) is -3.38. The van der Waals surface area contributed by atoms with Crippen LogP contribution in [0, 0.1) is 166 Å². The molecule has 0 N–H and O–H groups in total. The molecule has 0 aliphatic heterocycles. The zero-order valence-electron chi connectivity index (χ0n) is 23.7. The van der Waals surface area contributed by atoms with Gasteiger partial charge in [0.25, 0.3) is 0 Å². The molecule has 40 heavy (non-hydrogen) atoms. The molecule has 0 saturated carbocycles. The summed E-state index contributed by atoms with van der Waals surface area (Å²) in [5.41, 5.74) is 3.15. The fourth-order valence-electron chi connectivity index (χ4n) is 2.93. The smallest absolute Gasteiger partial charge is 0.184 e. The van der Waals surface area contributed by atoms with E-state index in [9.17, 15) is 0 Å². The minimum absolute atomic E-state index is 0.178. The molecule has 1 nitrogen and oxygen atoms in total. The maximum absolute atomic E-state index is 6.30. The molecular weight excluding hydrogens is 517 g/mol. The van der Waals surface area contributed by atoms with E-state index in [1.807, 2.05) is 0 Å². The fraction of sp³-hybridized carbons (Fsp3) is 0.243. The second-order valence-electron chi connectivity index (χ2n) is 9.43. The van der Waals surface area contributed by atoms with Crippen molar-refractivity contribution in [2.24, 2.45) is 0 Å². The summed E-state index contributed by atoms with van der Waals surface area (Å²) < 4.78 is 6.30. The van der Waals surface area contributed by atoms with Gasteiger partial charge in [0.05, 0.1) is 0 Å². The van der Waals surface area contributed by atoms with Crippen LogP contribution in [0.2, 0.25) is 38.8 Å². The van der Waals surface area contributed by atoms with Gasteiger partial charge in [0.2, 0.25) is 0 Å². The van der Waals surface area contributed by atoms with Crippen LogP contribution in [0.3, 0.4) is 0 Å². The fourth-order valence-corrected chi connectivity index (χ4v) is 7.49. The second kappa shape index (κ2) is 20.3. The molecule has 0 aromatic carbocycles. The summed E-state index contributed by atoms with van der Waals surface area (Å²) in [6.45, 7) is 15.3. The van der Waals surface area contributed by atoms with Crippen molar-refractivity contribution in [1.82, 2.24) is 0 Å². The maximum atomic E-state index is 6.30. The monoisotopic (exact) mass is 540 g/mol. The lowest BCUT2D eigenvalue weighted by Crippen LogP contribution is -2.43. The van der Waals surface area contributed by atoms with Gasteiger partial charge in [-0.1, -0.05) is 13.1 Å². The van der Waals surface area contributed by atoms with Crippen molar-refractivity contribution >= 4 is 16.4 Å². The highest BCUT2D eigenvalue weighted by Gasteiger charge is 2.33. The molecule has 0 radical (unpaired) electrons. The maximum Gasteiger partial charge on any atom is 0.184 e. The van der Waals surface area contributed by atoms with Crippen LogP contribution < -0.4 is 0 Å². The second-order valence-corrected chi connectivity index (χ2v) is 18.2. The Morgan fingerprint density at radius 2 is 0.700 bits per heavy atom. The Kier molecular flexibility index (Phi) is 17.4. The van der Waals surface area contributed by atoms with E-state index in [4.69, 9.17) is 10.8 Å². The highest BCUT2D eigenvalue weighted by molar-refractivity contribution is 6.85. The summed E-state index contributed by atoms with van der Waals surface area (Å²) in [6.07, 6.45) is 4.94. The van der Waals surface area contributed by atoms with Crippen molar-refractivity contribution in [3.63, 3.8) is 0 Å². The van der Waals surface area contributed by atoms with E-state index in [0.29, 0.717) is 0 Å². The number of hydrogen-bond donors (Lipinski definition) is 0. The summed E-state index contributed by atoms with van der Waals surface area (Å²) in [5.74, 6) is 65.8. The molecule has 0 spiro atoms. The third kappa shape index (κ3) is 25.3. The van der Waals surface area contributed by atoms with Crippen molar-refractivity contribution in [1.29, 1.82) is 0 Å². The quantitative estimate of drug-likeness (QED) is 0.392. The third-order valence-electron chi connectivity index (χ3n) is 3.42. The summed E-state index contributed by atoms with van der Waals surface area (Å²) >= 11 is 0. The Labute approximate surface area is 244 Å². The van der Waals surface area contributed by atoms with Gasteiger partial charge in [0, 0.05) is 64.8 Å². The standard InChI is InChI=1S/C37H24OSi2/c1-9-10-11-12-13-14-15-16-17-18-19-20-21-22-23-24-25-26-27-28-29-30-31-32-33-34-35-40(7,8)36-37(2,3)38-39(4,5)6/h1H,36H2,2-8H3. The van der Waals surface area contributed by atoms with Crippen molar-refractivity contribution < 1.29 is 4.43 Å². The molecule has 186 valence electrons. The zero-order chi connectivity index (χ0) is 30.0. The minimum atomic E-state index is -1.77. The van der Waals surface area contributed by atoms with Crippen LogP contribution >= 0.6 is 0 Å². The SMILES string of the molecule is C#CC#CC#CC#CC#CC#CC#CC#CC#CC#CC#CC#CC#CC#C[Si](C)(C)CC(C)(C)O[Si](C)(C)C. The topological polar surface area (TPSA) is 9.23 Å². The van der Waals surface area contributed by atoms with Crippen LogP contribution in [-0.4, -0.2) is 22.0 Å². The van der Waals surface area contributed by atoms with Crippen molar-refractivity contribution in [3.8, 4) is 166 Å². The van der Waals surface area contributed by atoms with Gasteiger partial charge in [-0.05, 0) is 134 Å². The van der Waals surface area contributed by atoms with Gasteiger partial charge >= 0.3 is 0 Å². The molecule has 0 aromatic rings. The molecular formula is C37H24OSi2. The third-order valence-corrected chi connectivity index (χ3v) is 7.13. The van der Waals surface area contributed by atoms with Crippen LogP contribution in [0.15, 0.2) is 0 Å². The highest BCUT2D eigenvalue weighted by atomic mass is 28.4. The normalized spacial score (nSPS) is 7.45. The molecule has 0 amide bonds. The molecule has 0 heterocycles. The lowest BCUT2D eigenvalue weighted by Gasteiger charge is -2.36. The number of hydrogen-bond acceptors (Lipinski definition) is 1. The van der Waals surface area contributed by atoms with Crippen LogP contribution in [0.4, 0.5) is 0 Å². The van der Waals surface area contributed by atoms with E-state index in [2.05, 4.69) is 206 Å². The van der Waals surface area contributed by atoms with Gasteiger partial charge in [0.1, 0.15) is 8.07 Å². The summed E-state index contributed by atoms with van der Waals surface area (Å²) in [6, 6.07) is 0.946. The molecule has 0 unspecified atom stereocenters. The molecule has 0 atom stereocenters. The Balaban J connectivity index is 4.70. The van der Waals surface area contributed by atoms with Crippen molar-refractivity contribution in [2.75, 3.05) is 0 Å². The first-order valence-corrected chi connectivity index (χ1v) is 18.3. The van der Waals surface area contributed by atoms with E-state index in [0.717, 1.165) is 6.04 Å². The average Bonchev–Trinajstić information content (AvgIpc) is 2.84. The first-order chi connectivity index (χ1) is 19.0. The lowest BCUT2D eigenvalue weighted by molar-refractivity contribution is 0.121. The molecule has 0 bridgehead atoms. The van der Waals surface area contributed by atoms with Crippen molar-refractivity contribution in [3.05, 3.63) is 0 Å². The Bertz CT molecular complexity index is 1850. The van der Waals surface area contributed by atoms with Crippen molar-refractivity contribution in [2.45, 2.75) is 58.2 Å². The van der Waals surface area contributed by atoms with Gasteiger partial charge in [-0.15, -0.1) is 12.0 Å². The Hall–Kier alpha value is -5.77. The summed E-state index contributed by atoms with van der Waals surface area (Å²) in [4.78, 5) is 0. The van der Waals surface area contributed by atoms with Gasteiger partial charge in [0.15, 0.2) is 8.32 Å². The van der Waals surface area contributed by atoms with Gasteiger partial charge < -0.3 is 4.43 Å². The average molecular weight is 541 g/mol. The Morgan fingerprint density at radius 1 is 0.450 bits per heavy atom. The predicted octanol–water partition coefficient (Wildman–Crippen LogP) is 3.54. The van der Waals surface area contributed by atoms with Gasteiger partial charge in [-0.2, -0.15) is 0 Å². The molecule has 0 saturated heterocycles. The molecule has 0 fully saturated rings. The zero-order valence-corrected chi connectivity index (χ0v) is 25.7. The summed E-state index contributed by atoms with van der Waals surface area (Å²) in [5, 5.41) is 0. The molecule has 0 rings (SSSR count). The highest BCUT2D eigenvalue weighted by Crippen LogP contribution is 2.27. The van der Waals surface area contributed by atoms with E-state index in [1.165, 1.54) is 0 Å². The largest absolute Gasteiger partial charge is 0.413 e.